The predicted octanol–water partition coefficient (Wildman–Crippen LogP) is 4.10. The topological polar surface area (TPSA) is 57.9 Å². The molecule has 25 heavy (non-hydrogen) atoms. The molecule has 2 aromatic carbocycles. The number of rotatable bonds is 4. The number of hydrogen-bond donors (Lipinski definition) is 0. The zero-order valence-electron chi connectivity index (χ0n) is 14.9. The number of aryl methyl sites for hydroxylation is 2. The smallest absolute Gasteiger partial charge is 0.197 e. The largest absolute Gasteiger partial charge is 0.496 e. The molecule has 0 unspecified atom stereocenters. The van der Waals surface area contributed by atoms with Crippen molar-refractivity contribution in [1.29, 1.82) is 0 Å². The zero-order chi connectivity index (χ0) is 18.1. The van der Waals surface area contributed by atoms with Crippen molar-refractivity contribution in [2.75, 3.05) is 21.3 Å². The van der Waals surface area contributed by atoms with Gasteiger partial charge in [-0.15, -0.1) is 0 Å². The van der Waals surface area contributed by atoms with Crippen LogP contribution in [0.4, 0.5) is 0 Å². The van der Waals surface area contributed by atoms with E-state index >= 15 is 0 Å². The van der Waals surface area contributed by atoms with Crippen molar-refractivity contribution < 1.29 is 18.6 Å². The van der Waals surface area contributed by atoms with Gasteiger partial charge in [0.05, 0.1) is 21.3 Å². The van der Waals surface area contributed by atoms with Crippen LogP contribution in [0.3, 0.4) is 0 Å². The third kappa shape index (κ3) is 2.93. The van der Waals surface area contributed by atoms with Crippen LogP contribution in [0.2, 0.25) is 0 Å². The lowest BCUT2D eigenvalue weighted by Crippen LogP contribution is -2.03. The van der Waals surface area contributed by atoms with Gasteiger partial charge in [-0.05, 0) is 37.1 Å². The first-order valence-electron chi connectivity index (χ1n) is 7.84. The maximum atomic E-state index is 12.6. The standard InChI is InChI=1S/C20H20O5/c1-11-6-13(7-12(2)20(11)24-5)16-10-15(21)19-17(23-4)8-14(22-3)9-18(19)25-16/h6-10H,1-5H3. The molecule has 1 heterocycles. The summed E-state index contributed by atoms with van der Waals surface area (Å²) in [6.07, 6.45) is 0. The normalized spacial score (nSPS) is 10.8. The second-order valence-electron chi connectivity index (χ2n) is 5.82. The van der Waals surface area contributed by atoms with E-state index in [1.165, 1.54) is 13.2 Å². The van der Waals surface area contributed by atoms with E-state index in [1.54, 1.807) is 26.4 Å². The fraction of sp³-hybridized carbons (Fsp3) is 0.250. The molecule has 5 heteroatoms. The highest BCUT2D eigenvalue weighted by Crippen LogP contribution is 2.34. The number of methoxy groups -OCH3 is 3. The molecule has 0 aliphatic heterocycles. The van der Waals surface area contributed by atoms with Gasteiger partial charge in [0.2, 0.25) is 0 Å². The Kier molecular flexibility index (Phi) is 4.40. The minimum Gasteiger partial charge on any atom is -0.496 e. The molecule has 0 amide bonds. The lowest BCUT2D eigenvalue weighted by atomic mass is 10.0. The molecule has 0 N–H and O–H groups in total. The summed E-state index contributed by atoms with van der Waals surface area (Å²) >= 11 is 0. The molecule has 130 valence electrons. The molecule has 0 fully saturated rings. The van der Waals surface area contributed by atoms with E-state index in [4.69, 9.17) is 18.6 Å². The summed E-state index contributed by atoms with van der Waals surface area (Å²) in [6, 6.07) is 8.71. The van der Waals surface area contributed by atoms with Crippen molar-refractivity contribution in [3.8, 4) is 28.6 Å². The highest BCUT2D eigenvalue weighted by molar-refractivity contribution is 5.86. The lowest BCUT2D eigenvalue weighted by Gasteiger charge is -2.12. The maximum Gasteiger partial charge on any atom is 0.197 e. The van der Waals surface area contributed by atoms with Gasteiger partial charge in [0, 0.05) is 23.8 Å². The number of ether oxygens (including phenoxy) is 3. The summed E-state index contributed by atoms with van der Waals surface area (Å²) in [4.78, 5) is 12.6. The van der Waals surface area contributed by atoms with Crippen LogP contribution in [-0.4, -0.2) is 21.3 Å². The fourth-order valence-electron chi connectivity index (χ4n) is 3.06. The molecular formula is C20H20O5. The molecule has 3 rings (SSSR count). The summed E-state index contributed by atoms with van der Waals surface area (Å²) in [5.74, 6) is 2.31. The van der Waals surface area contributed by atoms with Gasteiger partial charge in [-0.2, -0.15) is 0 Å². The van der Waals surface area contributed by atoms with Crippen LogP contribution in [0, 0.1) is 13.8 Å². The van der Waals surface area contributed by atoms with Gasteiger partial charge < -0.3 is 18.6 Å². The predicted molar refractivity (Wildman–Crippen MR) is 97.1 cm³/mol. The number of benzene rings is 2. The van der Waals surface area contributed by atoms with Gasteiger partial charge in [0.15, 0.2) is 5.43 Å². The fourth-order valence-corrected chi connectivity index (χ4v) is 3.06. The summed E-state index contributed by atoms with van der Waals surface area (Å²) in [6.45, 7) is 3.92. The monoisotopic (exact) mass is 340 g/mol. The Morgan fingerprint density at radius 3 is 2.08 bits per heavy atom. The average molecular weight is 340 g/mol. The summed E-state index contributed by atoms with van der Waals surface area (Å²) in [7, 11) is 4.71. The molecule has 5 nitrogen and oxygen atoms in total. The van der Waals surface area contributed by atoms with Crippen LogP contribution in [0.1, 0.15) is 11.1 Å². The third-order valence-corrected chi connectivity index (χ3v) is 4.17. The first-order valence-corrected chi connectivity index (χ1v) is 7.84. The van der Waals surface area contributed by atoms with Crippen molar-refractivity contribution in [2.45, 2.75) is 13.8 Å². The van der Waals surface area contributed by atoms with Crippen LogP contribution in [0.25, 0.3) is 22.3 Å². The number of hydrogen-bond acceptors (Lipinski definition) is 5. The lowest BCUT2D eigenvalue weighted by molar-refractivity contribution is 0.396. The van der Waals surface area contributed by atoms with Crippen molar-refractivity contribution in [3.05, 3.63) is 51.7 Å². The minimum absolute atomic E-state index is 0.165. The molecule has 0 bridgehead atoms. The van der Waals surface area contributed by atoms with Crippen molar-refractivity contribution >= 4 is 11.0 Å². The van der Waals surface area contributed by atoms with E-state index in [2.05, 4.69) is 0 Å². The van der Waals surface area contributed by atoms with Crippen molar-refractivity contribution in [1.82, 2.24) is 0 Å². The molecule has 0 saturated heterocycles. The van der Waals surface area contributed by atoms with Crippen molar-refractivity contribution in [2.24, 2.45) is 0 Å². The average Bonchev–Trinajstić information content (AvgIpc) is 2.60. The zero-order valence-corrected chi connectivity index (χ0v) is 14.9. The van der Waals surface area contributed by atoms with Crippen LogP contribution < -0.4 is 19.6 Å². The molecule has 0 aliphatic carbocycles. The molecule has 1 aromatic heterocycles. The third-order valence-electron chi connectivity index (χ3n) is 4.17. The van der Waals surface area contributed by atoms with E-state index in [-0.39, 0.29) is 5.43 Å². The van der Waals surface area contributed by atoms with Gasteiger partial charge in [0.1, 0.15) is 34.0 Å². The van der Waals surface area contributed by atoms with Gasteiger partial charge >= 0.3 is 0 Å². The van der Waals surface area contributed by atoms with Gasteiger partial charge in [-0.1, -0.05) is 0 Å². The summed E-state index contributed by atoms with van der Waals surface area (Å²) in [5, 5.41) is 0.397. The van der Waals surface area contributed by atoms with Crippen molar-refractivity contribution in [3.63, 3.8) is 0 Å². The molecule has 0 spiro atoms. The Bertz CT molecular complexity index is 978. The van der Waals surface area contributed by atoms with E-state index in [0.717, 1.165) is 22.4 Å². The SMILES string of the molecule is COc1cc(OC)c2c(=O)cc(-c3cc(C)c(OC)c(C)c3)oc2c1. The van der Waals surface area contributed by atoms with E-state index < -0.39 is 0 Å². The second kappa shape index (κ2) is 6.51. The Balaban J connectivity index is 2.27. The quantitative estimate of drug-likeness (QED) is 0.715. The summed E-state index contributed by atoms with van der Waals surface area (Å²) < 4.78 is 22.0. The molecule has 3 aromatic rings. The van der Waals surface area contributed by atoms with E-state index in [1.807, 2.05) is 26.0 Å². The Labute approximate surface area is 145 Å². The molecular weight excluding hydrogens is 320 g/mol. The maximum absolute atomic E-state index is 12.6. The Hall–Kier alpha value is -2.95. The second-order valence-corrected chi connectivity index (χ2v) is 5.82. The number of fused-ring (bicyclic) bond motifs is 1. The Morgan fingerprint density at radius 1 is 0.840 bits per heavy atom. The molecule has 0 saturated carbocycles. The molecule has 0 aliphatic rings. The van der Waals surface area contributed by atoms with Crippen LogP contribution in [0.5, 0.6) is 17.2 Å². The van der Waals surface area contributed by atoms with Gasteiger partial charge in [-0.25, -0.2) is 0 Å². The van der Waals surface area contributed by atoms with Crippen LogP contribution in [-0.2, 0) is 0 Å². The Morgan fingerprint density at radius 2 is 1.52 bits per heavy atom. The summed E-state index contributed by atoms with van der Waals surface area (Å²) in [5.41, 5.74) is 3.02. The first kappa shape index (κ1) is 16.9. The molecule has 0 radical (unpaired) electrons. The highest BCUT2D eigenvalue weighted by Gasteiger charge is 2.15. The van der Waals surface area contributed by atoms with Crippen LogP contribution in [0.15, 0.2) is 39.5 Å². The van der Waals surface area contributed by atoms with E-state index in [9.17, 15) is 4.79 Å². The van der Waals surface area contributed by atoms with Gasteiger partial charge in [0.25, 0.3) is 0 Å². The van der Waals surface area contributed by atoms with Crippen LogP contribution >= 0.6 is 0 Å². The van der Waals surface area contributed by atoms with Gasteiger partial charge in [-0.3, -0.25) is 4.79 Å². The highest BCUT2D eigenvalue weighted by atomic mass is 16.5. The van der Waals surface area contributed by atoms with E-state index in [0.29, 0.717) is 28.2 Å². The molecule has 0 atom stereocenters. The minimum atomic E-state index is -0.165. The first-order chi connectivity index (χ1) is 12.0.